The molecule has 1 N–H and O–H groups in total. The van der Waals surface area contributed by atoms with Crippen LogP contribution in [0.5, 0.6) is 0 Å². The van der Waals surface area contributed by atoms with E-state index in [0.717, 1.165) is 34.8 Å². The quantitative estimate of drug-likeness (QED) is 0.664. The van der Waals surface area contributed by atoms with Crippen LogP contribution < -0.4 is 5.32 Å². The van der Waals surface area contributed by atoms with E-state index in [4.69, 9.17) is 0 Å². The van der Waals surface area contributed by atoms with E-state index in [1.165, 1.54) is 0 Å². The molecule has 0 aliphatic heterocycles. The molecule has 1 unspecified atom stereocenters. The molecule has 0 saturated carbocycles. The number of thiophene rings is 1. The van der Waals surface area contributed by atoms with Crippen LogP contribution in [0.1, 0.15) is 24.1 Å². The van der Waals surface area contributed by atoms with E-state index in [1.54, 1.807) is 0 Å². The Hall–Kier alpha value is -1.93. The molecular weight excluding hydrogens is 324 g/mol. The van der Waals surface area contributed by atoms with E-state index in [-0.39, 0.29) is 20.9 Å². The SMILES string of the molecule is Cc1ccccc1C(C)Nc1sc(S(C)(=O)=O)cc1[N+](=O)[O-]. The monoisotopic (exact) mass is 340 g/mol. The number of benzene rings is 1. The van der Waals surface area contributed by atoms with Gasteiger partial charge in [-0.3, -0.25) is 10.1 Å². The van der Waals surface area contributed by atoms with Crippen molar-refractivity contribution in [3.63, 3.8) is 0 Å². The van der Waals surface area contributed by atoms with Crippen LogP contribution in [0.15, 0.2) is 34.5 Å². The molecule has 2 rings (SSSR count). The van der Waals surface area contributed by atoms with Gasteiger partial charge >= 0.3 is 5.69 Å². The maximum Gasteiger partial charge on any atom is 0.304 e. The average Bonchev–Trinajstić information content (AvgIpc) is 2.83. The molecule has 0 bridgehead atoms. The molecule has 2 aromatic rings. The van der Waals surface area contributed by atoms with Gasteiger partial charge in [-0.2, -0.15) is 0 Å². The minimum Gasteiger partial charge on any atom is -0.365 e. The zero-order chi connectivity index (χ0) is 16.5. The number of hydrogen-bond donors (Lipinski definition) is 1. The topological polar surface area (TPSA) is 89.3 Å². The number of nitrogens with one attached hydrogen (secondary N) is 1. The van der Waals surface area contributed by atoms with E-state index in [2.05, 4.69) is 5.32 Å². The minimum absolute atomic E-state index is 0.0151. The van der Waals surface area contributed by atoms with Gasteiger partial charge in [-0.05, 0) is 25.0 Å². The highest BCUT2D eigenvalue weighted by atomic mass is 32.2. The zero-order valence-corrected chi connectivity index (χ0v) is 14.0. The summed E-state index contributed by atoms with van der Waals surface area (Å²) in [5, 5.41) is 14.4. The fourth-order valence-electron chi connectivity index (χ4n) is 2.13. The minimum atomic E-state index is -3.47. The van der Waals surface area contributed by atoms with Crippen molar-refractivity contribution in [3.05, 3.63) is 51.6 Å². The summed E-state index contributed by atoms with van der Waals surface area (Å²) in [4.78, 5) is 10.6. The molecular formula is C14H16N2O4S2. The van der Waals surface area contributed by atoms with Gasteiger partial charge in [0.05, 0.1) is 4.92 Å². The van der Waals surface area contributed by atoms with E-state index < -0.39 is 14.8 Å². The predicted octanol–water partition coefficient (Wildman–Crippen LogP) is 3.54. The molecule has 0 aliphatic carbocycles. The van der Waals surface area contributed by atoms with Crippen LogP contribution >= 0.6 is 11.3 Å². The summed E-state index contributed by atoms with van der Waals surface area (Å²) in [7, 11) is -3.47. The average molecular weight is 340 g/mol. The molecule has 8 heteroatoms. The van der Waals surface area contributed by atoms with E-state index >= 15 is 0 Å². The summed E-state index contributed by atoms with van der Waals surface area (Å²) in [6.07, 6.45) is 1.04. The van der Waals surface area contributed by atoms with Gasteiger partial charge in [0.25, 0.3) is 0 Å². The lowest BCUT2D eigenvalue weighted by molar-refractivity contribution is -0.383. The lowest BCUT2D eigenvalue weighted by atomic mass is 10.0. The number of nitrogens with zero attached hydrogens (tertiary/aromatic N) is 1. The second kappa shape index (κ2) is 6.05. The molecule has 0 aliphatic rings. The van der Waals surface area contributed by atoms with Crippen molar-refractivity contribution >= 4 is 31.9 Å². The lowest BCUT2D eigenvalue weighted by Crippen LogP contribution is -2.08. The van der Waals surface area contributed by atoms with Gasteiger partial charge in [-0.25, -0.2) is 8.42 Å². The largest absolute Gasteiger partial charge is 0.365 e. The number of aryl methyl sites for hydroxylation is 1. The highest BCUT2D eigenvalue weighted by molar-refractivity contribution is 7.92. The van der Waals surface area contributed by atoms with Gasteiger partial charge in [0.1, 0.15) is 4.21 Å². The normalized spacial score (nSPS) is 12.9. The second-order valence-electron chi connectivity index (χ2n) is 5.03. The van der Waals surface area contributed by atoms with Gasteiger partial charge in [-0.1, -0.05) is 35.6 Å². The van der Waals surface area contributed by atoms with Gasteiger partial charge in [0.2, 0.25) is 0 Å². The fraction of sp³-hybridized carbons (Fsp3) is 0.286. The van der Waals surface area contributed by atoms with Crippen molar-refractivity contribution in [2.45, 2.75) is 24.1 Å². The first-order valence-electron chi connectivity index (χ1n) is 6.50. The maximum atomic E-state index is 11.6. The third-order valence-electron chi connectivity index (χ3n) is 3.25. The predicted molar refractivity (Wildman–Crippen MR) is 87.3 cm³/mol. The number of anilines is 1. The number of sulfone groups is 1. The molecule has 1 aromatic carbocycles. The van der Waals surface area contributed by atoms with Crippen molar-refractivity contribution < 1.29 is 13.3 Å². The molecule has 1 heterocycles. The van der Waals surface area contributed by atoms with Crippen molar-refractivity contribution in [2.75, 3.05) is 11.6 Å². The summed E-state index contributed by atoms with van der Waals surface area (Å²) in [6, 6.07) is 8.63. The fourth-order valence-corrected chi connectivity index (χ4v) is 4.15. The smallest absolute Gasteiger partial charge is 0.304 e. The van der Waals surface area contributed by atoms with Gasteiger partial charge in [-0.15, -0.1) is 0 Å². The van der Waals surface area contributed by atoms with Crippen molar-refractivity contribution in [1.82, 2.24) is 0 Å². The number of hydrogen-bond acceptors (Lipinski definition) is 6. The summed E-state index contributed by atoms with van der Waals surface area (Å²) in [5.74, 6) is 0. The van der Waals surface area contributed by atoms with E-state index in [1.807, 2.05) is 38.1 Å². The molecule has 0 radical (unpaired) electrons. The molecule has 0 fully saturated rings. The van der Waals surface area contributed by atoms with Crippen LogP contribution in [0, 0.1) is 17.0 Å². The van der Waals surface area contributed by atoms with Crippen molar-refractivity contribution in [3.8, 4) is 0 Å². The Kier molecular flexibility index (Phi) is 4.52. The first-order chi connectivity index (χ1) is 10.2. The Labute approximate surface area is 132 Å². The second-order valence-corrected chi connectivity index (χ2v) is 8.33. The highest BCUT2D eigenvalue weighted by Crippen LogP contribution is 2.39. The van der Waals surface area contributed by atoms with E-state index in [0.29, 0.717) is 0 Å². The molecule has 1 atom stereocenters. The first kappa shape index (κ1) is 16.4. The van der Waals surface area contributed by atoms with Gasteiger partial charge in [0.15, 0.2) is 14.8 Å². The number of nitro groups is 1. The Morgan fingerprint density at radius 3 is 2.50 bits per heavy atom. The van der Waals surface area contributed by atoms with Crippen LogP contribution in [0.4, 0.5) is 10.7 Å². The molecule has 0 saturated heterocycles. The molecule has 1 aromatic heterocycles. The molecule has 0 spiro atoms. The van der Waals surface area contributed by atoms with E-state index in [9.17, 15) is 18.5 Å². The summed E-state index contributed by atoms with van der Waals surface area (Å²) in [6.45, 7) is 3.84. The van der Waals surface area contributed by atoms with Crippen LogP contribution in [0.25, 0.3) is 0 Å². The Morgan fingerprint density at radius 1 is 1.32 bits per heavy atom. The lowest BCUT2D eigenvalue weighted by Gasteiger charge is -2.16. The van der Waals surface area contributed by atoms with Crippen molar-refractivity contribution in [1.29, 1.82) is 0 Å². The molecule has 0 amide bonds. The Bertz CT molecular complexity index is 812. The molecule has 6 nitrogen and oxygen atoms in total. The van der Waals surface area contributed by atoms with Gasteiger partial charge in [0, 0.05) is 18.4 Å². The Morgan fingerprint density at radius 2 is 1.95 bits per heavy atom. The standard InChI is InChI=1S/C14H16N2O4S2/c1-9-6-4-5-7-11(9)10(2)15-14-12(16(17)18)8-13(21-14)22(3,19)20/h4-8,10,15H,1-3H3. The van der Waals surface area contributed by atoms with Gasteiger partial charge < -0.3 is 5.32 Å². The zero-order valence-electron chi connectivity index (χ0n) is 12.4. The summed E-state index contributed by atoms with van der Waals surface area (Å²) >= 11 is 0.883. The summed E-state index contributed by atoms with van der Waals surface area (Å²) in [5.41, 5.74) is 1.85. The van der Waals surface area contributed by atoms with Crippen molar-refractivity contribution in [2.24, 2.45) is 0 Å². The highest BCUT2D eigenvalue weighted by Gasteiger charge is 2.25. The summed E-state index contributed by atoms with van der Waals surface area (Å²) < 4.78 is 23.2. The molecule has 118 valence electrons. The van der Waals surface area contributed by atoms with Crippen LogP contribution in [0.3, 0.4) is 0 Å². The third-order valence-corrected chi connectivity index (χ3v) is 6.11. The molecule has 22 heavy (non-hydrogen) atoms. The van der Waals surface area contributed by atoms with Crippen LogP contribution in [0.2, 0.25) is 0 Å². The van der Waals surface area contributed by atoms with Crippen LogP contribution in [-0.4, -0.2) is 19.6 Å². The third kappa shape index (κ3) is 3.45. The van der Waals surface area contributed by atoms with Crippen LogP contribution in [-0.2, 0) is 9.84 Å². The Balaban J connectivity index is 2.39. The first-order valence-corrected chi connectivity index (χ1v) is 9.21. The number of rotatable bonds is 5. The maximum absolute atomic E-state index is 11.6.